The fraction of sp³-hybridized carbons (Fsp3) is 0.850. The standard InChI is InChI=1S/C20H30O2/c1-12-6-7-14(21)19(5)9-8-13-16-17(2,3)10-15(22)18(16,4)11-20(12,13)19/h6-7,12-13,15-16,22H,8-11H2,1-5H3. The van der Waals surface area contributed by atoms with Gasteiger partial charge in [-0.3, -0.25) is 4.79 Å². The highest BCUT2D eigenvalue weighted by molar-refractivity contribution is 5.96. The maximum atomic E-state index is 12.8. The highest BCUT2D eigenvalue weighted by atomic mass is 16.3. The van der Waals surface area contributed by atoms with Gasteiger partial charge in [0.1, 0.15) is 0 Å². The molecule has 3 saturated carbocycles. The van der Waals surface area contributed by atoms with Gasteiger partial charge in [-0.05, 0) is 65.8 Å². The van der Waals surface area contributed by atoms with E-state index in [-0.39, 0.29) is 27.8 Å². The summed E-state index contributed by atoms with van der Waals surface area (Å²) in [5.74, 6) is 1.90. The van der Waals surface area contributed by atoms with E-state index >= 15 is 0 Å². The van der Waals surface area contributed by atoms with Crippen molar-refractivity contribution in [3.05, 3.63) is 12.2 Å². The Morgan fingerprint density at radius 2 is 1.91 bits per heavy atom. The van der Waals surface area contributed by atoms with Crippen molar-refractivity contribution in [1.29, 1.82) is 0 Å². The van der Waals surface area contributed by atoms with Gasteiger partial charge in [-0.2, -0.15) is 0 Å². The van der Waals surface area contributed by atoms with E-state index in [2.05, 4.69) is 40.7 Å². The van der Waals surface area contributed by atoms with E-state index in [1.807, 2.05) is 6.08 Å². The van der Waals surface area contributed by atoms with Crippen LogP contribution in [-0.4, -0.2) is 17.0 Å². The average molecular weight is 302 g/mol. The molecular weight excluding hydrogens is 272 g/mol. The van der Waals surface area contributed by atoms with Crippen molar-refractivity contribution in [2.24, 2.45) is 39.4 Å². The summed E-state index contributed by atoms with van der Waals surface area (Å²) >= 11 is 0. The molecule has 4 aliphatic carbocycles. The first kappa shape index (κ1) is 14.9. The lowest BCUT2D eigenvalue weighted by molar-refractivity contribution is -0.134. The molecule has 7 unspecified atom stereocenters. The molecule has 0 aromatic rings. The third-order valence-corrected chi connectivity index (χ3v) is 8.65. The van der Waals surface area contributed by atoms with Crippen molar-refractivity contribution in [3.8, 4) is 0 Å². The van der Waals surface area contributed by atoms with Crippen LogP contribution < -0.4 is 0 Å². The minimum atomic E-state index is -0.218. The minimum Gasteiger partial charge on any atom is -0.393 e. The second-order valence-corrected chi connectivity index (χ2v) is 9.90. The van der Waals surface area contributed by atoms with Crippen molar-refractivity contribution in [2.75, 3.05) is 0 Å². The van der Waals surface area contributed by atoms with E-state index in [4.69, 9.17) is 0 Å². The van der Waals surface area contributed by atoms with E-state index in [0.29, 0.717) is 23.5 Å². The van der Waals surface area contributed by atoms with Gasteiger partial charge in [0.15, 0.2) is 5.78 Å². The number of carbonyl (C=O) groups excluding carboxylic acids is 1. The smallest absolute Gasteiger partial charge is 0.161 e. The minimum absolute atomic E-state index is 0.0183. The molecule has 0 amide bonds. The fourth-order valence-corrected chi connectivity index (χ4v) is 7.90. The summed E-state index contributed by atoms with van der Waals surface area (Å²) in [4.78, 5) is 12.8. The first-order chi connectivity index (χ1) is 10.1. The predicted octanol–water partition coefficient (Wildman–Crippen LogP) is 3.98. The number of fused-ring (bicyclic) bond motifs is 2. The summed E-state index contributed by atoms with van der Waals surface area (Å²) in [7, 11) is 0. The molecule has 3 fully saturated rings. The van der Waals surface area contributed by atoms with E-state index in [0.717, 1.165) is 25.7 Å². The Labute approximate surface area is 134 Å². The van der Waals surface area contributed by atoms with Gasteiger partial charge in [-0.1, -0.05) is 40.7 Å². The summed E-state index contributed by atoms with van der Waals surface area (Å²) in [5.41, 5.74) is 0.0129. The number of rotatable bonds is 0. The first-order valence-electron chi connectivity index (χ1n) is 9.00. The average Bonchev–Trinajstić information content (AvgIpc) is 2.92. The molecule has 0 heterocycles. The molecule has 22 heavy (non-hydrogen) atoms. The number of aliphatic hydroxyl groups is 1. The molecule has 4 aliphatic rings. The van der Waals surface area contributed by atoms with E-state index < -0.39 is 0 Å². The maximum absolute atomic E-state index is 12.8. The van der Waals surface area contributed by atoms with Gasteiger partial charge in [-0.25, -0.2) is 0 Å². The van der Waals surface area contributed by atoms with Gasteiger partial charge in [0.2, 0.25) is 0 Å². The molecule has 0 aromatic carbocycles. The van der Waals surface area contributed by atoms with Crippen LogP contribution in [0.1, 0.15) is 60.3 Å². The van der Waals surface area contributed by atoms with Crippen molar-refractivity contribution in [1.82, 2.24) is 0 Å². The lowest BCUT2D eigenvalue weighted by Crippen LogP contribution is -2.50. The Morgan fingerprint density at radius 3 is 2.59 bits per heavy atom. The predicted molar refractivity (Wildman–Crippen MR) is 87.2 cm³/mol. The molecule has 1 N–H and O–H groups in total. The van der Waals surface area contributed by atoms with E-state index in [1.165, 1.54) is 0 Å². The SMILES string of the molecule is CC1C=CC(=O)C2(C)CCC3C4C(C)(C)CC(O)C4(C)CC132. The van der Waals surface area contributed by atoms with Crippen molar-refractivity contribution in [3.63, 3.8) is 0 Å². The topological polar surface area (TPSA) is 37.3 Å². The summed E-state index contributed by atoms with van der Waals surface area (Å²) in [5, 5.41) is 10.9. The summed E-state index contributed by atoms with van der Waals surface area (Å²) in [6.45, 7) is 11.5. The third kappa shape index (κ3) is 1.32. The lowest BCUT2D eigenvalue weighted by atomic mass is 9.52. The van der Waals surface area contributed by atoms with E-state index in [1.54, 1.807) is 0 Å². The highest BCUT2D eigenvalue weighted by Crippen LogP contribution is 2.79. The summed E-state index contributed by atoms with van der Waals surface area (Å²) in [6, 6.07) is 0. The molecule has 0 aliphatic heterocycles. The maximum Gasteiger partial charge on any atom is 0.161 e. The number of allylic oxidation sites excluding steroid dienone is 2. The molecule has 1 spiro atoms. The third-order valence-electron chi connectivity index (χ3n) is 8.65. The molecular formula is C20H30O2. The Bertz CT molecular complexity index is 576. The van der Waals surface area contributed by atoms with Gasteiger partial charge >= 0.3 is 0 Å². The van der Waals surface area contributed by atoms with Gasteiger partial charge in [-0.15, -0.1) is 0 Å². The van der Waals surface area contributed by atoms with Gasteiger partial charge < -0.3 is 5.11 Å². The second kappa shape index (κ2) is 3.88. The molecule has 2 nitrogen and oxygen atoms in total. The van der Waals surface area contributed by atoms with Crippen molar-refractivity contribution >= 4 is 5.78 Å². The number of hydrogen-bond acceptors (Lipinski definition) is 2. The van der Waals surface area contributed by atoms with Crippen LogP contribution in [0, 0.1) is 39.4 Å². The monoisotopic (exact) mass is 302 g/mol. The van der Waals surface area contributed by atoms with Crippen LogP contribution in [0.2, 0.25) is 0 Å². The largest absolute Gasteiger partial charge is 0.393 e. The number of aliphatic hydroxyl groups excluding tert-OH is 1. The Balaban J connectivity index is 1.92. The van der Waals surface area contributed by atoms with Crippen molar-refractivity contribution in [2.45, 2.75) is 66.4 Å². The highest BCUT2D eigenvalue weighted by Gasteiger charge is 2.76. The Kier molecular flexibility index (Phi) is 2.63. The second-order valence-electron chi connectivity index (χ2n) is 9.90. The molecule has 122 valence electrons. The van der Waals surface area contributed by atoms with Crippen LogP contribution in [0.4, 0.5) is 0 Å². The summed E-state index contributed by atoms with van der Waals surface area (Å²) in [6.07, 6.45) is 7.91. The normalized spacial score (nSPS) is 58.5. The lowest BCUT2D eigenvalue weighted by Gasteiger charge is -2.50. The molecule has 0 aromatic heterocycles. The molecule has 0 radical (unpaired) electrons. The summed E-state index contributed by atoms with van der Waals surface area (Å²) < 4.78 is 0. The molecule has 7 atom stereocenters. The Morgan fingerprint density at radius 1 is 1.23 bits per heavy atom. The molecule has 4 rings (SSSR count). The number of ketones is 1. The van der Waals surface area contributed by atoms with Gasteiger partial charge in [0.05, 0.1) is 6.10 Å². The molecule has 0 saturated heterocycles. The number of hydrogen-bond donors (Lipinski definition) is 1. The fourth-order valence-electron chi connectivity index (χ4n) is 7.90. The zero-order chi connectivity index (χ0) is 16.1. The van der Waals surface area contributed by atoms with Crippen LogP contribution in [0.15, 0.2) is 12.2 Å². The van der Waals surface area contributed by atoms with Crippen LogP contribution in [0.5, 0.6) is 0 Å². The zero-order valence-electron chi connectivity index (χ0n) is 14.6. The molecule has 0 bridgehead atoms. The van der Waals surface area contributed by atoms with Gasteiger partial charge in [0.25, 0.3) is 0 Å². The first-order valence-corrected chi connectivity index (χ1v) is 9.00. The van der Waals surface area contributed by atoms with Crippen molar-refractivity contribution < 1.29 is 9.90 Å². The number of carbonyl (C=O) groups is 1. The van der Waals surface area contributed by atoms with Crippen LogP contribution in [-0.2, 0) is 4.79 Å². The van der Waals surface area contributed by atoms with Crippen LogP contribution >= 0.6 is 0 Å². The van der Waals surface area contributed by atoms with Gasteiger partial charge in [0, 0.05) is 5.41 Å². The molecule has 2 heteroatoms. The quantitative estimate of drug-likeness (QED) is 0.735. The van der Waals surface area contributed by atoms with Crippen LogP contribution in [0.3, 0.4) is 0 Å². The van der Waals surface area contributed by atoms with Crippen LogP contribution in [0.25, 0.3) is 0 Å². The zero-order valence-corrected chi connectivity index (χ0v) is 14.6. The Hall–Kier alpha value is -0.630. The van der Waals surface area contributed by atoms with E-state index in [9.17, 15) is 9.90 Å².